The molecule has 6 heteroatoms. The monoisotopic (exact) mass is 335 g/mol. The molecular weight excluding hydrogens is 309 g/mol. The number of benzene rings is 1. The van der Waals surface area contributed by atoms with Gasteiger partial charge in [0.1, 0.15) is 0 Å². The van der Waals surface area contributed by atoms with E-state index < -0.39 is 6.04 Å². The van der Waals surface area contributed by atoms with Crippen LogP contribution in [0.4, 0.5) is 0 Å². The van der Waals surface area contributed by atoms with E-state index in [0.29, 0.717) is 13.0 Å². The third kappa shape index (κ3) is 9.69. The summed E-state index contributed by atoms with van der Waals surface area (Å²) in [6, 6.07) is 9.78. The molecular formula is C15H27Cl2N3O. The highest BCUT2D eigenvalue weighted by molar-refractivity contribution is 5.85. The average Bonchev–Trinajstić information content (AvgIpc) is 2.39. The zero-order valence-electron chi connectivity index (χ0n) is 12.5. The van der Waals surface area contributed by atoms with Crippen LogP contribution in [-0.4, -0.2) is 24.5 Å². The van der Waals surface area contributed by atoms with Crippen LogP contribution in [0.1, 0.15) is 31.7 Å². The van der Waals surface area contributed by atoms with Gasteiger partial charge in [-0.3, -0.25) is 4.79 Å². The smallest absolute Gasteiger partial charge is 0.237 e. The number of nitrogens with one attached hydrogen (secondary N) is 1. The molecule has 2 atom stereocenters. The van der Waals surface area contributed by atoms with Gasteiger partial charge >= 0.3 is 0 Å². The lowest BCUT2D eigenvalue weighted by Crippen LogP contribution is -2.45. The fourth-order valence-corrected chi connectivity index (χ4v) is 2.01. The minimum Gasteiger partial charge on any atom is -0.352 e. The van der Waals surface area contributed by atoms with Crippen molar-refractivity contribution in [2.75, 3.05) is 6.54 Å². The highest BCUT2D eigenvalue weighted by atomic mass is 35.5. The van der Waals surface area contributed by atoms with Crippen LogP contribution in [0.25, 0.3) is 0 Å². The van der Waals surface area contributed by atoms with Gasteiger partial charge in [0.05, 0.1) is 6.04 Å². The van der Waals surface area contributed by atoms with Crippen LogP contribution < -0.4 is 16.8 Å². The maximum atomic E-state index is 11.9. The van der Waals surface area contributed by atoms with Crippen LogP contribution in [0, 0.1) is 0 Å². The maximum Gasteiger partial charge on any atom is 0.237 e. The van der Waals surface area contributed by atoms with Crippen molar-refractivity contribution in [3.8, 4) is 0 Å². The van der Waals surface area contributed by atoms with E-state index in [-0.39, 0.29) is 36.8 Å². The molecule has 1 rings (SSSR count). The topological polar surface area (TPSA) is 81.1 Å². The Hall–Kier alpha value is -0.810. The van der Waals surface area contributed by atoms with Crippen LogP contribution >= 0.6 is 24.8 Å². The van der Waals surface area contributed by atoms with Crippen molar-refractivity contribution < 1.29 is 4.79 Å². The molecule has 0 aliphatic rings. The molecule has 1 aromatic rings. The van der Waals surface area contributed by atoms with Crippen LogP contribution in [0.3, 0.4) is 0 Å². The molecule has 0 aromatic heterocycles. The van der Waals surface area contributed by atoms with Crippen molar-refractivity contribution in [3.63, 3.8) is 0 Å². The van der Waals surface area contributed by atoms with Gasteiger partial charge in [0, 0.05) is 6.04 Å². The van der Waals surface area contributed by atoms with Crippen molar-refractivity contribution in [1.82, 2.24) is 5.32 Å². The van der Waals surface area contributed by atoms with E-state index >= 15 is 0 Å². The van der Waals surface area contributed by atoms with E-state index in [1.165, 1.54) is 5.56 Å². The predicted octanol–water partition coefficient (Wildman–Crippen LogP) is 2.03. The van der Waals surface area contributed by atoms with Gasteiger partial charge in [0.15, 0.2) is 0 Å². The van der Waals surface area contributed by atoms with E-state index in [0.717, 1.165) is 19.3 Å². The molecule has 122 valence electrons. The van der Waals surface area contributed by atoms with Crippen LogP contribution in [0.2, 0.25) is 0 Å². The first-order valence-corrected chi connectivity index (χ1v) is 6.93. The fraction of sp³-hybridized carbons (Fsp3) is 0.533. The number of nitrogens with two attached hydrogens (primary N) is 2. The van der Waals surface area contributed by atoms with E-state index in [2.05, 4.69) is 17.4 Å². The zero-order valence-corrected chi connectivity index (χ0v) is 14.1. The number of carbonyl (C=O) groups is 1. The summed E-state index contributed by atoms with van der Waals surface area (Å²) >= 11 is 0. The van der Waals surface area contributed by atoms with Crippen LogP contribution in [0.5, 0.6) is 0 Å². The Balaban J connectivity index is 0. The number of amides is 1. The van der Waals surface area contributed by atoms with Gasteiger partial charge < -0.3 is 16.8 Å². The molecule has 1 amide bonds. The van der Waals surface area contributed by atoms with Gasteiger partial charge in [-0.05, 0) is 38.3 Å². The van der Waals surface area contributed by atoms with E-state index in [1.807, 2.05) is 25.1 Å². The summed E-state index contributed by atoms with van der Waals surface area (Å²) in [5.74, 6) is -0.0690. The summed E-state index contributed by atoms with van der Waals surface area (Å²) < 4.78 is 0. The molecule has 0 aliphatic carbocycles. The van der Waals surface area contributed by atoms with Gasteiger partial charge in [-0.25, -0.2) is 0 Å². The molecule has 0 saturated carbocycles. The third-order valence-electron chi connectivity index (χ3n) is 3.08. The second-order valence-corrected chi connectivity index (χ2v) is 4.99. The van der Waals surface area contributed by atoms with Crippen molar-refractivity contribution in [1.29, 1.82) is 0 Å². The van der Waals surface area contributed by atoms with Crippen molar-refractivity contribution >= 4 is 30.7 Å². The van der Waals surface area contributed by atoms with E-state index in [9.17, 15) is 4.79 Å². The highest BCUT2D eigenvalue weighted by Gasteiger charge is 2.15. The molecule has 0 unspecified atom stereocenters. The number of unbranched alkanes of at least 4 members (excludes halogenated alkanes) is 1. The molecule has 0 fully saturated rings. The van der Waals surface area contributed by atoms with Crippen molar-refractivity contribution in [2.45, 2.75) is 44.7 Å². The summed E-state index contributed by atoms with van der Waals surface area (Å²) in [5, 5.41) is 2.96. The summed E-state index contributed by atoms with van der Waals surface area (Å²) in [5.41, 5.74) is 12.5. The molecule has 1 aromatic carbocycles. The largest absolute Gasteiger partial charge is 0.352 e. The van der Waals surface area contributed by atoms with E-state index in [4.69, 9.17) is 11.5 Å². The first-order valence-electron chi connectivity index (χ1n) is 6.93. The molecule has 0 heterocycles. The predicted molar refractivity (Wildman–Crippen MR) is 93.1 cm³/mol. The van der Waals surface area contributed by atoms with Crippen molar-refractivity contribution in [2.24, 2.45) is 11.5 Å². The van der Waals surface area contributed by atoms with E-state index in [1.54, 1.807) is 0 Å². The second-order valence-electron chi connectivity index (χ2n) is 4.99. The minimum absolute atomic E-state index is 0. The second kappa shape index (κ2) is 12.9. The number of halogens is 2. The molecule has 0 aliphatic heterocycles. The van der Waals surface area contributed by atoms with Gasteiger partial charge in [0.25, 0.3) is 0 Å². The number of rotatable bonds is 8. The van der Waals surface area contributed by atoms with Crippen LogP contribution in [0.15, 0.2) is 30.3 Å². The molecule has 5 N–H and O–H groups in total. The summed E-state index contributed by atoms with van der Waals surface area (Å²) in [6.45, 7) is 2.65. The number of hydrogen-bond donors (Lipinski definition) is 3. The summed E-state index contributed by atoms with van der Waals surface area (Å²) in [7, 11) is 0. The Bertz CT molecular complexity index is 376. The fourth-order valence-electron chi connectivity index (χ4n) is 2.01. The lowest BCUT2D eigenvalue weighted by atomic mass is 10.1. The first-order chi connectivity index (χ1) is 9.13. The third-order valence-corrected chi connectivity index (χ3v) is 3.08. The molecule has 0 bridgehead atoms. The molecule has 21 heavy (non-hydrogen) atoms. The maximum absolute atomic E-state index is 11.9. The summed E-state index contributed by atoms with van der Waals surface area (Å²) in [4.78, 5) is 11.9. The molecule has 0 radical (unpaired) electrons. The standard InChI is InChI=1S/C15H25N3O.2ClH/c1-12(11-13-7-3-2-4-8-13)18-15(19)14(17)9-5-6-10-16;;/h2-4,7-8,12,14H,5-6,9-11,16-17H2,1H3,(H,18,19);2*1H/t12-,14+;;/m1../s1. The first kappa shape index (κ1) is 22.5. The molecule has 0 spiro atoms. The number of carbonyl (C=O) groups excluding carboxylic acids is 1. The Morgan fingerprint density at radius 2 is 1.81 bits per heavy atom. The lowest BCUT2D eigenvalue weighted by Gasteiger charge is -2.17. The van der Waals surface area contributed by atoms with Gasteiger partial charge in [-0.15, -0.1) is 24.8 Å². The Labute approximate surface area is 139 Å². The van der Waals surface area contributed by atoms with Gasteiger partial charge in [-0.2, -0.15) is 0 Å². The van der Waals surface area contributed by atoms with Gasteiger partial charge in [-0.1, -0.05) is 36.8 Å². The Morgan fingerprint density at radius 3 is 2.38 bits per heavy atom. The molecule has 4 nitrogen and oxygen atoms in total. The minimum atomic E-state index is -0.426. The highest BCUT2D eigenvalue weighted by Crippen LogP contribution is 2.04. The average molecular weight is 336 g/mol. The lowest BCUT2D eigenvalue weighted by molar-refractivity contribution is -0.123. The zero-order chi connectivity index (χ0) is 14.1. The number of hydrogen-bond acceptors (Lipinski definition) is 3. The molecule has 0 saturated heterocycles. The quantitative estimate of drug-likeness (QED) is 0.636. The van der Waals surface area contributed by atoms with Crippen molar-refractivity contribution in [3.05, 3.63) is 35.9 Å². The van der Waals surface area contributed by atoms with Crippen LogP contribution in [-0.2, 0) is 11.2 Å². The Kier molecular flexibility index (Phi) is 13.8. The summed E-state index contributed by atoms with van der Waals surface area (Å²) in [6.07, 6.45) is 3.34. The Morgan fingerprint density at radius 1 is 1.19 bits per heavy atom. The normalized spacial score (nSPS) is 12.5. The SMILES string of the molecule is C[C@H](Cc1ccccc1)NC(=O)[C@@H](N)CCCCN.Cl.Cl. The van der Waals surface area contributed by atoms with Gasteiger partial charge in [0.2, 0.25) is 5.91 Å².